The number of hydrogen-bond acceptors (Lipinski definition) is 9. The van der Waals surface area contributed by atoms with Gasteiger partial charge in [0, 0.05) is 26.4 Å². The summed E-state index contributed by atoms with van der Waals surface area (Å²) in [5, 5.41) is 10.9. The number of nitrogens with zero attached hydrogens (tertiary/aromatic N) is 1. The van der Waals surface area contributed by atoms with Gasteiger partial charge in [-0.1, -0.05) is 0 Å². The summed E-state index contributed by atoms with van der Waals surface area (Å²) in [6, 6.07) is 5.29. The number of nitro groups is 1. The third-order valence-electron chi connectivity index (χ3n) is 4.32. The Morgan fingerprint density at radius 2 is 1.44 bits per heavy atom. The van der Waals surface area contributed by atoms with Gasteiger partial charge in [-0.05, 0) is 24.6 Å². The van der Waals surface area contributed by atoms with Crippen molar-refractivity contribution in [3.05, 3.63) is 51.1 Å². The number of nitro benzene ring substituents is 1. The smallest absolute Gasteiger partial charge is 0.342 e. The van der Waals surface area contributed by atoms with Crippen LogP contribution in [-0.2, 0) is 38.9 Å². The monoisotopic (exact) mass is 381 g/mol. The first-order valence-electron chi connectivity index (χ1n) is 7.68. The minimum Gasteiger partial charge on any atom is -0.466 e. The summed E-state index contributed by atoms with van der Waals surface area (Å²) in [6.07, 6.45) is 0. The summed E-state index contributed by atoms with van der Waals surface area (Å²) in [4.78, 5) is 35.3. The summed E-state index contributed by atoms with van der Waals surface area (Å²) in [6.45, 7) is 1.49. The lowest BCUT2D eigenvalue weighted by molar-refractivity contribution is -0.384. The lowest BCUT2D eigenvalue weighted by atomic mass is 9.86. The fourth-order valence-corrected chi connectivity index (χ4v) is 2.97. The van der Waals surface area contributed by atoms with Crippen LogP contribution >= 0.6 is 0 Å². The molecule has 0 fully saturated rings. The molecule has 1 aliphatic rings. The third-order valence-corrected chi connectivity index (χ3v) is 4.32. The van der Waals surface area contributed by atoms with Crippen LogP contribution < -0.4 is 0 Å². The fraction of sp³-hybridized carbons (Fsp3) is 0.412. The molecule has 0 bridgehead atoms. The standard InChI is InChI=1S/C17H19NO9/c1-16(10-6-8-11(9-7-10)18(21)22)12(14(19)23-2)13(15(20)24-3)17(25-4,26-5)27-16/h6-9H,1-5H3. The Morgan fingerprint density at radius 3 is 1.85 bits per heavy atom. The van der Waals surface area contributed by atoms with E-state index >= 15 is 0 Å². The third kappa shape index (κ3) is 3.18. The Labute approximate surface area is 154 Å². The van der Waals surface area contributed by atoms with Gasteiger partial charge < -0.3 is 23.7 Å². The average Bonchev–Trinajstić information content (AvgIpc) is 2.97. The number of hydrogen-bond donors (Lipinski definition) is 0. The van der Waals surface area contributed by atoms with Gasteiger partial charge in [-0.25, -0.2) is 9.59 Å². The van der Waals surface area contributed by atoms with Crippen molar-refractivity contribution in [2.45, 2.75) is 18.5 Å². The SMILES string of the molecule is COC(=O)C1=C(C(=O)OC)C(C)(c2ccc([N+](=O)[O-])cc2)OC1(OC)OC. The first kappa shape index (κ1) is 20.5. The summed E-state index contributed by atoms with van der Waals surface area (Å²) in [5.41, 5.74) is -1.90. The number of benzene rings is 1. The number of esters is 2. The molecule has 1 aromatic carbocycles. The Balaban J connectivity index is 2.77. The van der Waals surface area contributed by atoms with Crippen LogP contribution in [0.25, 0.3) is 0 Å². The van der Waals surface area contributed by atoms with Crippen LogP contribution in [0.2, 0.25) is 0 Å². The molecular formula is C17H19NO9. The first-order valence-corrected chi connectivity index (χ1v) is 7.68. The van der Waals surface area contributed by atoms with Crippen molar-refractivity contribution in [2.75, 3.05) is 28.4 Å². The largest absolute Gasteiger partial charge is 0.466 e. The molecule has 0 amide bonds. The molecular weight excluding hydrogens is 362 g/mol. The zero-order valence-corrected chi connectivity index (χ0v) is 15.4. The van der Waals surface area contributed by atoms with Gasteiger partial charge in [-0.3, -0.25) is 10.1 Å². The quantitative estimate of drug-likeness (QED) is 0.311. The molecule has 27 heavy (non-hydrogen) atoms. The topological polar surface area (TPSA) is 123 Å². The van der Waals surface area contributed by atoms with E-state index in [2.05, 4.69) is 0 Å². The number of ether oxygens (including phenoxy) is 5. The number of methoxy groups -OCH3 is 4. The lowest BCUT2D eigenvalue weighted by Gasteiger charge is -2.32. The molecule has 1 atom stereocenters. The molecule has 10 nitrogen and oxygen atoms in total. The van der Waals surface area contributed by atoms with E-state index in [1.165, 1.54) is 45.4 Å². The highest BCUT2D eigenvalue weighted by atomic mass is 16.9. The Bertz CT molecular complexity index is 795. The van der Waals surface area contributed by atoms with Crippen molar-refractivity contribution in [1.82, 2.24) is 0 Å². The van der Waals surface area contributed by atoms with Gasteiger partial charge in [-0.2, -0.15) is 0 Å². The fourth-order valence-electron chi connectivity index (χ4n) is 2.97. The normalized spacial score (nSPS) is 21.1. The molecule has 146 valence electrons. The van der Waals surface area contributed by atoms with Gasteiger partial charge >= 0.3 is 17.9 Å². The first-order chi connectivity index (χ1) is 12.7. The predicted octanol–water partition coefficient (Wildman–Crippen LogP) is 1.43. The van der Waals surface area contributed by atoms with Crippen molar-refractivity contribution in [1.29, 1.82) is 0 Å². The second-order valence-corrected chi connectivity index (χ2v) is 5.64. The minimum atomic E-state index is -2.03. The highest BCUT2D eigenvalue weighted by molar-refractivity contribution is 6.03. The van der Waals surface area contributed by atoms with E-state index < -0.39 is 28.4 Å². The van der Waals surface area contributed by atoms with Gasteiger partial charge in [0.15, 0.2) is 0 Å². The Hall–Kier alpha value is -2.82. The molecule has 0 spiro atoms. The van der Waals surface area contributed by atoms with Crippen LogP contribution in [0, 0.1) is 10.1 Å². The molecule has 2 rings (SSSR count). The van der Waals surface area contributed by atoms with Gasteiger partial charge in [0.25, 0.3) is 5.69 Å². The van der Waals surface area contributed by atoms with Crippen LogP contribution in [0.4, 0.5) is 5.69 Å². The molecule has 0 aromatic heterocycles. The van der Waals surface area contributed by atoms with E-state index in [4.69, 9.17) is 23.7 Å². The molecule has 0 radical (unpaired) electrons. The second kappa shape index (κ2) is 7.43. The van der Waals surface area contributed by atoms with Crippen LogP contribution in [0.5, 0.6) is 0 Å². The van der Waals surface area contributed by atoms with E-state index in [1.807, 2.05) is 0 Å². The van der Waals surface area contributed by atoms with E-state index in [-0.39, 0.29) is 16.8 Å². The highest BCUT2D eigenvalue weighted by Gasteiger charge is 2.61. The molecule has 10 heteroatoms. The summed E-state index contributed by atoms with van der Waals surface area (Å²) in [5.74, 6) is -3.82. The number of carbonyl (C=O) groups is 2. The van der Waals surface area contributed by atoms with Crippen molar-refractivity contribution in [2.24, 2.45) is 0 Å². The minimum absolute atomic E-state index is 0.151. The van der Waals surface area contributed by atoms with Crippen LogP contribution in [0.3, 0.4) is 0 Å². The maximum Gasteiger partial charge on any atom is 0.342 e. The van der Waals surface area contributed by atoms with E-state index in [1.54, 1.807) is 0 Å². The molecule has 1 heterocycles. The van der Waals surface area contributed by atoms with Gasteiger partial charge in [0.1, 0.15) is 11.2 Å². The maximum atomic E-state index is 12.5. The van der Waals surface area contributed by atoms with Crippen molar-refractivity contribution >= 4 is 17.6 Å². The van der Waals surface area contributed by atoms with Crippen LogP contribution in [-0.4, -0.2) is 51.3 Å². The molecule has 0 saturated heterocycles. The van der Waals surface area contributed by atoms with Crippen LogP contribution in [0.1, 0.15) is 12.5 Å². The summed E-state index contributed by atoms with van der Waals surface area (Å²) in [7, 11) is 4.72. The summed E-state index contributed by atoms with van der Waals surface area (Å²) < 4.78 is 26.0. The predicted molar refractivity (Wildman–Crippen MR) is 89.3 cm³/mol. The molecule has 1 aromatic rings. The second-order valence-electron chi connectivity index (χ2n) is 5.64. The zero-order chi connectivity index (χ0) is 20.4. The Kier molecular flexibility index (Phi) is 5.64. The van der Waals surface area contributed by atoms with E-state index in [0.717, 1.165) is 14.2 Å². The van der Waals surface area contributed by atoms with Crippen LogP contribution in [0.15, 0.2) is 35.4 Å². The highest BCUT2D eigenvalue weighted by Crippen LogP contribution is 2.50. The average molecular weight is 381 g/mol. The molecule has 1 unspecified atom stereocenters. The van der Waals surface area contributed by atoms with Gasteiger partial charge in [0.2, 0.25) is 0 Å². The maximum absolute atomic E-state index is 12.5. The van der Waals surface area contributed by atoms with Gasteiger partial charge in [0.05, 0.1) is 24.7 Å². The van der Waals surface area contributed by atoms with E-state index in [0.29, 0.717) is 5.56 Å². The number of non-ortho nitro benzene ring substituents is 1. The molecule has 1 aliphatic heterocycles. The number of carbonyl (C=O) groups excluding carboxylic acids is 2. The summed E-state index contributed by atoms with van der Waals surface area (Å²) >= 11 is 0. The molecule has 0 N–H and O–H groups in total. The number of rotatable bonds is 6. The molecule has 0 saturated carbocycles. The molecule has 0 aliphatic carbocycles. The van der Waals surface area contributed by atoms with Crippen molar-refractivity contribution in [3.8, 4) is 0 Å². The zero-order valence-electron chi connectivity index (χ0n) is 15.4. The van der Waals surface area contributed by atoms with Crippen molar-refractivity contribution in [3.63, 3.8) is 0 Å². The lowest BCUT2D eigenvalue weighted by Crippen LogP contribution is -2.41. The van der Waals surface area contributed by atoms with Gasteiger partial charge in [-0.15, -0.1) is 0 Å². The van der Waals surface area contributed by atoms with E-state index in [9.17, 15) is 19.7 Å². The van der Waals surface area contributed by atoms with Crippen molar-refractivity contribution < 1.29 is 38.2 Å². The Morgan fingerprint density at radius 1 is 0.963 bits per heavy atom.